The zero-order valence-electron chi connectivity index (χ0n) is 14.5. The van der Waals surface area contributed by atoms with Gasteiger partial charge in [-0.15, -0.1) is 0 Å². The summed E-state index contributed by atoms with van der Waals surface area (Å²) in [5.41, 5.74) is 5.13. The van der Waals surface area contributed by atoms with Gasteiger partial charge in [-0.2, -0.15) is 10.2 Å². The summed E-state index contributed by atoms with van der Waals surface area (Å²) in [5, 5.41) is 10.7. The highest BCUT2D eigenvalue weighted by Crippen LogP contribution is 2.39. The van der Waals surface area contributed by atoms with E-state index in [1.165, 1.54) is 19.3 Å². The highest BCUT2D eigenvalue weighted by atomic mass is 16.7. The van der Waals surface area contributed by atoms with Gasteiger partial charge in [0.15, 0.2) is 17.7 Å². The fourth-order valence-corrected chi connectivity index (χ4v) is 3.44. The molecule has 1 atom stereocenters. The molecule has 0 amide bonds. The molecular weight excluding hydrogens is 322 g/mol. The van der Waals surface area contributed by atoms with Gasteiger partial charge in [0.2, 0.25) is 0 Å². The molecule has 8 heteroatoms. The van der Waals surface area contributed by atoms with Crippen molar-refractivity contribution in [3.8, 4) is 11.5 Å². The maximum Gasteiger partial charge on any atom is 0.197 e. The van der Waals surface area contributed by atoms with Gasteiger partial charge in [-0.05, 0) is 30.1 Å². The van der Waals surface area contributed by atoms with E-state index in [1.54, 1.807) is 31.9 Å². The number of nitrogens with one attached hydrogen (secondary N) is 1. The first-order valence-corrected chi connectivity index (χ1v) is 8.53. The van der Waals surface area contributed by atoms with E-state index >= 15 is 0 Å². The monoisotopic (exact) mass is 345 g/mol. The van der Waals surface area contributed by atoms with Gasteiger partial charge in [0.1, 0.15) is 6.26 Å². The van der Waals surface area contributed by atoms with E-state index in [-0.39, 0.29) is 6.17 Å². The summed E-state index contributed by atoms with van der Waals surface area (Å²) >= 11 is 0. The third-order valence-corrected chi connectivity index (χ3v) is 4.69. The Hall–Kier alpha value is -2.45. The Balaban J connectivity index is 1.74. The van der Waals surface area contributed by atoms with Crippen molar-refractivity contribution in [1.82, 2.24) is 20.7 Å². The van der Waals surface area contributed by atoms with E-state index in [4.69, 9.17) is 19.4 Å². The predicted octanol–water partition coefficient (Wildman–Crippen LogP) is 1.98. The molecule has 3 aliphatic heterocycles. The second kappa shape index (κ2) is 6.81. The zero-order valence-corrected chi connectivity index (χ0v) is 14.5. The van der Waals surface area contributed by atoms with Gasteiger partial charge >= 0.3 is 0 Å². The second-order valence-corrected chi connectivity index (χ2v) is 6.15. The molecule has 1 saturated heterocycles. The van der Waals surface area contributed by atoms with Crippen LogP contribution in [0.1, 0.15) is 36.6 Å². The Bertz CT molecular complexity index is 679. The Kier molecular flexibility index (Phi) is 4.37. The molecule has 134 valence electrons. The van der Waals surface area contributed by atoms with Crippen LogP contribution in [-0.2, 0) is 4.84 Å². The standard InChI is InChI=1S/C17H23N5O3/c1-23-15-10-13-12-19-21(20-7-4-3-5-8-20)17(22-18-6-9-25-22)14(13)11-16(15)24-2/h6,9-12,17-18H,3-5,7-8H2,1-2H3. The molecule has 3 heterocycles. The predicted molar refractivity (Wildman–Crippen MR) is 92.3 cm³/mol. The molecule has 0 aliphatic carbocycles. The van der Waals surface area contributed by atoms with Crippen LogP contribution in [0.4, 0.5) is 0 Å². The van der Waals surface area contributed by atoms with Gasteiger partial charge in [-0.3, -0.25) is 5.43 Å². The Morgan fingerprint density at radius 2 is 1.88 bits per heavy atom. The zero-order chi connectivity index (χ0) is 17.2. The number of benzene rings is 1. The minimum absolute atomic E-state index is 0.243. The Morgan fingerprint density at radius 3 is 2.56 bits per heavy atom. The highest BCUT2D eigenvalue weighted by Gasteiger charge is 2.37. The van der Waals surface area contributed by atoms with Gasteiger partial charge in [0, 0.05) is 24.2 Å². The molecule has 1 aromatic rings. The van der Waals surface area contributed by atoms with Crippen LogP contribution in [0.15, 0.2) is 29.7 Å². The van der Waals surface area contributed by atoms with Crippen LogP contribution in [0.25, 0.3) is 0 Å². The number of nitrogens with zero attached hydrogens (tertiary/aromatic N) is 4. The molecule has 1 N–H and O–H groups in total. The van der Waals surface area contributed by atoms with Gasteiger partial charge < -0.3 is 14.3 Å². The maximum absolute atomic E-state index is 5.63. The van der Waals surface area contributed by atoms with Crippen LogP contribution < -0.4 is 14.9 Å². The van der Waals surface area contributed by atoms with Gasteiger partial charge in [-0.1, -0.05) is 6.42 Å². The third-order valence-electron chi connectivity index (χ3n) is 4.69. The molecule has 0 spiro atoms. The molecular formula is C17H23N5O3. The molecule has 3 aliphatic rings. The normalized spacial score (nSPS) is 23.1. The van der Waals surface area contributed by atoms with Crippen LogP contribution in [0.3, 0.4) is 0 Å². The molecule has 8 nitrogen and oxygen atoms in total. The lowest BCUT2D eigenvalue weighted by Gasteiger charge is -2.44. The van der Waals surface area contributed by atoms with Crippen molar-refractivity contribution >= 4 is 6.21 Å². The van der Waals surface area contributed by atoms with Crippen LogP contribution in [0.2, 0.25) is 0 Å². The summed E-state index contributed by atoms with van der Waals surface area (Å²) < 4.78 is 10.9. The molecule has 1 aromatic carbocycles. The highest BCUT2D eigenvalue weighted by molar-refractivity contribution is 5.84. The molecule has 0 radical (unpaired) electrons. The molecule has 1 fully saturated rings. The number of ether oxygens (including phenoxy) is 2. The number of hydrogen-bond donors (Lipinski definition) is 1. The molecule has 0 bridgehead atoms. The summed E-state index contributed by atoms with van der Waals surface area (Å²) in [6, 6.07) is 3.94. The molecule has 0 aromatic heterocycles. The van der Waals surface area contributed by atoms with Crippen molar-refractivity contribution in [3.05, 3.63) is 35.7 Å². The summed E-state index contributed by atoms with van der Waals surface area (Å²) in [6.07, 6.45) is 8.61. The van der Waals surface area contributed by atoms with Crippen LogP contribution in [0.5, 0.6) is 11.5 Å². The summed E-state index contributed by atoms with van der Waals surface area (Å²) in [6.45, 7) is 1.97. The number of hydrazine groups is 2. The van der Waals surface area contributed by atoms with Crippen molar-refractivity contribution < 1.29 is 14.3 Å². The number of hydrogen-bond acceptors (Lipinski definition) is 8. The number of hydroxylamine groups is 1. The number of fused-ring (bicyclic) bond motifs is 1. The lowest BCUT2D eigenvalue weighted by molar-refractivity contribution is -0.240. The van der Waals surface area contributed by atoms with E-state index in [0.29, 0.717) is 11.5 Å². The van der Waals surface area contributed by atoms with Crippen molar-refractivity contribution in [2.45, 2.75) is 25.4 Å². The number of methoxy groups -OCH3 is 2. The van der Waals surface area contributed by atoms with E-state index in [1.807, 2.05) is 23.5 Å². The van der Waals surface area contributed by atoms with Crippen LogP contribution in [-0.4, -0.2) is 48.8 Å². The Morgan fingerprint density at radius 1 is 1.12 bits per heavy atom. The minimum atomic E-state index is -0.243. The molecule has 0 saturated carbocycles. The quantitative estimate of drug-likeness (QED) is 0.895. The van der Waals surface area contributed by atoms with E-state index < -0.39 is 0 Å². The van der Waals surface area contributed by atoms with E-state index in [2.05, 4.69) is 10.4 Å². The van der Waals surface area contributed by atoms with Crippen molar-refractivity contribution in [3.63, 3.8) is 0 Å². The lowest BCUT2D eigenvalue weighted by Crippen LogP contribution is -2.52. The first kappa shape index (κ1) is 16.0. The first-order chi connectivity index (χ1) is 12.3. The maximum atomic E-state index is 5.63. The fourth-order valence-electron chi connectivity index (χ4n) is 3.44. The fraction of sp³-hybridized carbons (Fsp3) is 0.471. The SMILES string of the molecule is COc1cc2c(cc1OC)C(N1NC=CO1)N(N1CCCCC1)N=C2. The van der Waals surface area contributed by atoms with Gasteiger partial charge in [0.05, 0.1) is 26.6 Å². The molecule has 25 heavy (non-hydrogen) atoms. The number of piperidine rings is 1. The second-order valence-electron chi connectivity index (χ2n) is 6.15. The van der Waals surface area contributed by atoms with Crippen molar-refractivity contribution in [2.24, 2.45) is 5.10 Å². The Labute approximate surface area is 147 Å². The summed E-state index contributed by atoms with van der Waals surface area (Å²) in [4.78, 5) is 5.63. The van der Waals surface area contributed by atoms with Crippen molar-refractivity contribution in [2.75, 3.05) is 27.3 Å². The smallest absolute Gasteiger partial charge is 0.197 e. The minimum Gasteiger partial charge on any atom is -0.493 e. The third kappa shape index (κ3) is 2.87. The van der Waals surface area contributed by atoms with Gasteiger partial charge in [-0.25, -0.2) is 5.01 Å². The first-order valence-electron chi connectivity index (χ1n) is 8.53. The number of rotatable bonds is 4. The summed E-state index contributed by atoms with van der Waals surface area (Å²) in [7, 11) is 3.28. The van der Waals surface area contributed by atoms with Gasteiger partial charge in [0.25, 0.3) is 0 Å². The number of hydrazone groups is 1. The van der Waals surface area contributed by atoms with Crippen molar-refractivity contribution in [1.29, 1.82) is 0 Å². The van der Waals surface area contributed by atoms with Crippen LogP contribution in [0, 0.1) is 0 Å². The van der Waals surface area contributed by atoms with Crippen LogP contribution >= 0.6 is 0 Å². The lowest BCUT2D eigenvalue weighted by atomic mass is 10.0. The largest absolute Gasteiger partial charge is 0.493 e. The average Bonchev–Trinajstić information content (AvgIpc) is 3.20. The molecule has 4 rings (SSSR count). The summed E-state index contributed by atoms with van der Waals surface area (Å²) in [5.74, 6) is 1.37. The topological polar surface area (TPSA) is 61.8 Å². The van der Waals surface area contributed by atoms with E-state index in [0.717, 1.165) is 24.2 Å². The molecule has 1 unspecified atom stereocenters. The van der Waals surface area contributed by atoms with E-state index in [9.17, 15) is 0 Å². The average molecular weight is 345 g/mol.